The molecule has 0 aromatic carbocycles. The molecule has 2 atom stereocenters. The van der Waals surface area contributed by atoms with E-state index in [4.69, 9.17) is 4.74 Å². The number of rotatable bonds is 5. The van der Waals surface area contributed by atoms with Gasteiger partial charge in [0.25, 0.3) is 0 Å². The van der Waals surface area contributed by atoms with Gasteiger partial charge in [0.15, 0.2) is 0 Å². The van der Waals surface area contributed by atoms with Gasteiger partial charge in [0.1, 0.15) is 11.6 Å². The molecule has 0 saturated carbocycles. The number of carbonyl (C=O) groups excluding carboxylic acids is 3. The van der Waals surface area contributed by atoms with Crippen molar-refractivity contribution in [2.45, 2.75) is 57.7 Å². The van der Waals surface area contributed by atoms with Crippen LogP contribution in [-0.4, -0.2) is 55.9 Å². The van der Waals surface area contributed by atoms with Crippen molar-refractivity contribution in [3.63, 3.8) is 0 Å². The summed E-state index contributed by atoms with van der Waals surface area (Å²) in [6.07, 6.45) is 0.826. The number of esters is 1. The molecule has 0 radical (unpaired) electrons. The average Bonchev–Trinajstić information content (AvgIpc) is 2.45. The lowest BCUT2D eigenvalue weighted by atomic mass is 10.1. The zero-order chi connectivity index (χ0) is 17.5. The fourth-order valence-corrected chi connectivity index (χ4v) is 2.19. The summed E-state index contributed by atoms with van der Waals surface area (Å²) in [5.41, 5.74) is -0.691. The van der Waals surface area contributed by atoms with Crippen LogP contribution in [0.2, 0.25) is 0 Å². The molecule has 3 N–H and O–H groups in total. The van der Waals surface area contributed by atoms with Gasteiger partial charge >= 0.3 is 12.1 Å². The third kappa shape index (κ3) is 8.93. The fourth-order valence-electron chi connectivity index (χ4n) is 2.19. The van der Waals surface area contributed by atoms with Gasteiger partial charge in [0.05, 0.1) is 13.5 Å². The molecule has 0 aliphatic carbocycles. The van der Waals surface area contributed by atoms with Crippen LogP contribution in [-0.2, 0) is 19.1 Å². The van der Waals surface area contributed by atoms with E-state index >= 15 is 0 Å². The minimum absolute atomic E-state index is 0. The first-order valence-electron chi connectivity index (χ1n) is 7.78. The van der Waals surface area contributed by atoms with Crippen LogP contribution < -0.4 is 16.0 Å². The fraction of sp³-hybridized carbons (Fsp3) is 0.800. The van der Waals surface area contributed by atoms with Gasteiger partial charge in [-0.05, 0) is 40.2 Å². The van der Waals surface area contributed by atoms with Crippen molar-refractivity contribution >= 4 is 30.4 Å². The van der Waals surface area contributed by atoms with Gasteiger partial charge in [-0.25, -0.2) is 4.79 Å². The molecule has 1 fully saturated rings. The second-order valence-corrected chi connectivity index (χ2v) is 6.53. The summed E-state index contributed by atoms with van der Waals surface area (Å²) in [7, 11) is 1.23. The maximum atomic E-state index is 12.3. The number of alkyl carbamates (subject to hydrolysis) is 1. The highest BCUT2D eigenvalue weighted by Crippen LogP contribution is 2.08. The van der Waals surface area contributed by atoms with Crippen LogP contribution in [0.5, 0.6) is 0 Å². The molecule has 1 saturated heterocycles. The zero-order valence-electron chi connectivity index (χ0n) is 14.6. The van der Waals surface area contributed by atoms with Gasteiger partial charge in [0, 0.05) is 12.6 Å². The lowest BCUT2D eigenvalue weighted by molar-refractivity contribution is -0.143. The molecule has 1 aliphatic rings. The van der Waals surface area contributed by atoms with Crippen LogP contribution in [0.3, 0.4) is 0 Å². The predicted octanol–water partition coefficient (Wildman–Crippen LogP) is 0.733. The van der Waals surface area contributed by atoms with E-state index in [-0.39, 0.29) is 24.9 Å². The molecule has 0 aromatic heterocycles. The molecule has 1 aliphatic heterocycles. The van der Waals surface area contributed by atoms with E-state index in [9.17, 15) is 14.4 Å². The van der Waals surface area contributed by atoms with Gasteiger partial charge in [-0.2, -0.15) is 0 Å². The molecule has 0 bridgehead atoms. The van der Waals surface area contributed by atoms with E-state index in [2.05, 4.69) is 20.7 Å². The highest BCUT2D eigenvalue weighted by Gasteiger charge is 2.28. The Morgan fingerprint density at radius 3 is 2.46 bits per heavy atom. The Kier molecular flexibility index (Phi) is 9.69. The monoisotopic (exact) mass is 365 g/mol. The minimum Gasteiger partial charge on any atom is -0.469 e. The van der Waals surface area contributed by atoms with Gasteiger partial charge in [0.2, 0.25) is 5.91 Å². The van der Waals surface area contributed by atoms with E-state index < -0.39 is 29.6 Å². The van der Waals surface area contributed by atoms with E-state index in [0.717, 1.165) is 19.4 Å². The highest BCUT2D eigenvalue weighted by atomic mass is 35.5. The van der Waals surface area contributed by atoms with Gasteiger partial charge < -0.3 is 25.4 Å². The standard InChI is InChI=1S/C15H27N3O5.ClH/c1-15(2,3)23-14(21)18-11(8-12(19)22-4)13(20)17-10-6-5-7-16-9-10;/h10-11,16H,5-9H2,1-4H3,(H,17,20)(H,18,21);1H. The number of ether oxygens (including phenoxy) is 2. The Labute approximate surface area is 148 Å². The van der Waals surface area contributed by atoms with Gasteiger partial charge in [-0.3, -0.25) is 9.59 Å². The van der Waals surface area contributed by atoms with E-state index in [0.29, 0.717) is 6.54 Å². The quantitative estimate of drug-likeness (QED) is 0.620. The van der Waals surface area contributed by atoms with Crippen molar-refractivity contribution in [3.05, 3.63) is 0 Å². The van der Waals surface area contributed by atoms with Crippen LogP contribution in [0.15, 0.2) is 0 Å². The van der Waals surface area contributed by atoms with Crippen molar-refractivity contribution in [1.29, 1.82) is 0 Å². The Morgan fingerprint density at radius 1 is 1.29 bits per heavy atom. The van der Waals surface area contributed by atoms with Crippen LogP contribution in [0, 0.1) is 0 Å². The summed E-state index contributed by atoms with van der Waals surface area (Å²) in [5, 5.41) is 8.46. The topological polar surface area (TPSA) is 106 Å². The molecule has 8 nitrogen and oxygen atoms in total. The molecular weight excluding hydrogens is 338 g/mol. The second-order valence-electron chi connectivity index (χ2n) is 6.53. The number of carbonyl (C=O) groups is 3. The largest absolute Gasteiger partial charge is 0.469 e. The molecule has 0 spiro atoms. The van der Waals surface area contributed by atoms with E-state index in [1.807, 2.05) is 0 Å². The lowest BCUT2D eigenvalue weighted by Crippen LogP contribution is -2.54. The maximum absolute atomic E-state index is 12.3. The summed E-state index contributed by atoms with van der Waals surface area (Å²) in [5.74, 6) is -1.00. The van der Waals surface area contributed by atoms with Crippen molar-refractivity contribution in [2.24, 2.45) is 0 Å². The molecule has 24 heavy (non-hydrogen) atoms. The Balaban J connectivity index is 0.00000529. The number of piperidine rings is 1. The zero-order valence-corrected chi connectivity index (χ0v) is 15.5. The summed E-state index contributed by atoms with van der Waals surface area (Å²) >= 11 is 0. The first kappa shape index (κ1) is 22.5. The summed E-state index contributed by atoms with van der Waals surface area (Å²) in [4.78, 5) is 35.7. The Morgan fingerprint density at radius 2 is 1.96 bits per heavy atom. The molecule has 2 unspecified atom stereocenters. The van der Waals surface area contributed by atoms with Gasteiger partial charge in [-0.15, -0.1) is 12.4 Å². The van der Waals surface area contributed by atoms with Crippen LogP contribution in [0.4, 0.5) is 4.79 Å². The number of amides is 2. The van der Waals surface area contributed by atoms with E-state index in [1.54, 1.807) is 20.8 Å². The lowest BCUT2D eigenvalue weighted by Gasteiger charge is -2.27. The number of hydrogen-bond acceptors (Lipinski definition) is 6. The van der Waals surface area contributed by atoms with Gasteiger partial charge in [-0.1, -0.05) is 0 Å². The summed E-state index contributed by atoms with van der Waals surface area (Å²) in [6.45, 7) is 6.75. The first-order chi connectivity index (χ1) is 10.7. The Bertz CT molecular complexity index is 433. The van der Waals surface area contributed by atoms with Crippen molar-refractivity contribution in [2.75, 3.05) is 20.2 Å². The number of hydrogen-bond donors (Lipinski definition) is 3. The van der Waals surface area contributed by atoms with Crippen molar-refractivity contribution in [3.8, 4) is 0 Å². The van der Waals surface area contributed by atoms with Crippen LogP contribution in [0.25, 0.3) is 0 Å². The SMILES string of the molecule is COC(=O)CC(NC(=O)OC(C)(C)C)C(=O)NC1CCCNC1.Cl. The second kappa shape index (κ2) is 10.4. The number of halogens is 1. The average molecular weight is 366 g/mol. The smallest absolute Gasteiger partial charge is 0.408 e. The molecule has 140 valence electrons. The third-order valence-electron chi connectivity index (χ3n) is 3.25. The molecule has 0 aromatic rings. The molecule has 2 amide bonds. The van der Waals surface area contributed by atoms with Crippen LogP contribution >= 0.6 is 12.4 Å². The normalized spacial score (nSPS) is 18.6. The van der Waals surface area contributed by atoms with E-state index in [1.165, 1.54) is 7.11 Å². The predicted molar refractivity (Wildman–Crippen MR) is 91.1 cm³/mol. The van der Waals surface area contributed by atoms with Crippen molar-refractivity contribution in [1.82, 2.24) is 16.0 Å². The molecule has 1 heterocycles. The molecular formula is C15H28ClN3O5. The summed E-state index contributed by atoms with van der Waals surface area (Å²) in [6, 6.07) is -1.05. The maximum Gasteiger partial charge on any atom is 0.408 e. The number of methoxy groups -OCH3 is 1. The number of nitrogens with one attached hydrogen (secondary N) is 3. The van der Waals surface area contributed by atoms with Crippen LogP contribution in [0.1, 0.15) is 40.0 Å². The third-order valence-corrected chi connectivity index (χ3v) is 3.25. The first-order valence-corrected chi connectivity index (χ1v) is 7.78. The minimum atomic E-state index is -1.03. The Hall–Kier alpha value is -1.54. The molecule has 9 heteroatoms. The highest BCUT2D eigenvalue weighted by molar-refractivity contribution is 5.89. The van der Waals surface area contributed by atoms with Crippen molar-refractivity contribution < 1.29 is 23.9 Å². The molecule has 1 rings (SSSR count). The summed E-state index contributed by atoms with van der Waals surface area (Å²) < 4.78 is 9.71.